The molecule has 4 fully saturated rings. The summed E-state index contributed by atoms with van der Waals surface area (Å²) in [5.41, 5.74) is 1.18. The molecule has 4 aliphatic rings. The molecule has 6 unspecified atom stereocenters. The molecule has 2 nitrogen and oxygen atoms in total. The van der Waals surface area contributed by atoms with Gasteiger partial charge < -0.3 is 5.32 Å². The van der Waals surface area contributed by atoms with E-state index in [0.717, 1.165) is 48.3 Å². The highest BCUT2D eigenvalue weighted by molar-refractivity contribution is 5.76. The van der Waals surface area contributed by atoms with Gasteiger partial charge in [0, 0.05) is 12.5 Å². The van der Waals surface area contributed by atoms with Gasteiger partial charge >= 0.3 is 0 Å². The summed E-state index contributed by atoms with van der Waals surface area (Å²) < 4.78 is 0. The van der Waals surface area contributed by atoms with Crippen molar-refractivity contribution in [2.75, 3.05) is 0 Å². The summed E-state index contributed by atoms with van der Waals surface area (Å²) in [5.74, 6) is 6.05. The maximum Gasteiger partial charge on any atom is 0.220 e. The van der Waals surface area contributed by atoms with Crippen LogP contribution >= 0.6 is 0 Å². The second-order valence-corrected chi connectivity index (χ2v) is 12.6. The molecule has 0 radical (unpaired) electrons. The fourth-order valence-corrected chi connectivity index (χ4v) is 9.51. The molecule has 4 aliphatic carbocycles. The summed E-state index contributed by atoms with van der Waals surface area (Å²) >= 11 is 0. The quantitative estimate of drug-likeness (QED) is 0.482. The number of nitrogens with one attached hydrogen (secondary N) is 1. The van der Waals surface area contributed by atoms with Crippen LogP contribution < -0.4 is 5.32 Å². The number of hydrogen-bond donors (Lipinski definition) is 1. The van der Waals surface area contributed by atoms with E-state index in [1.54, 1.807) is 0 Å². The lowest BCUT2D eigenvalue weighted by Crippen LogP contribution is -2.55. The average Bonchev–Trinajstić information content (AvgIpc) is 3.03. The van der Waals surface area contributed by atoms with E-state index in [2.05, 4.69) is 39.9 Å². The maximum absolute atomic E-state index is 12.1. The highest BCUT2D eigenvalue weighted by atomic mass is 16.1. The van der Waals surface area contributed by atoms with Crippen LogP contribution in [0.3, 0.4) is 0 Å². The van der Waals surface area contributed by atoms with Crippen molar-refractivity contribution >= 4 is 5.91 Å². The Morgan fingerprint density at radius 1 is 0.967 bits per heavy atom. The zero-order valence-electron chi connectivity index (χ0n) is 20.6. The molecule has 0 spiro atoms. The Balaban J connectivity index is 1.44. The van der Waals surface area contributed by atoms with Crippen LogP contribution in [0.5, 0.6) is 0 Å². The van der Waals surface area contributed by atoms with Gasteiger partial charge in [0.1, 0.15) is 0 Å². The van der Waals surface area contributed by atoms with Crippen molar-refractivity contribution < 1.29 is 4.79 Å². The standard InChI is InChI=1S/C28H49NO/c1-6-20-18-22-24-14-13-21(10-9-12-26(30)29-19(2)3)27(24,4)17-15-25(22)28(5)16-8-7-11-23(20)28/h19-25H,6-18H2,1-5H3,(H,29,30)/t20-,21?,22?,23?,24?,25-,27?,28?/m1/s1. The SMILES string of the molecule is CC[C@@H]1CC2C3CCC(CCCC(=O)NC(C)C)C3(C)CC[C@H]2C2(C)CCCCC12. The van der Waals surface area contributed by atoms with Gasteiger partial charge in [-0.3, -0.25) is 4.79 Å². The van der Waals surface area contributed by atoms with E-state index in [1.807, 2.05) is 0 Å². The molecule has 0 aliphatic heterocycles. The Morgan fingerprint density at radius 2 is 1.73 bits per heavy atom. The highest BCUT2D eigenvalue weighted by Crippen LogP contribution is 2.69. The van der Waals surface area contributed by atoms with Gasteiger partial charge in [0.15, 0.2) is 0 Å². The Labute approximate surface area is 186 Å². The fraction of sp³-hybridized carbons (Fsp3) is 0.964. The number of fused-ring (bicyclic) bond motifs is 5. The first kappa shape index (κ1) is 22.7. The lowest BCUT2D eigenvalue weighted by molar-refractivity contribution is -0.136. The molecule has 8 atom stereocenters. The Morgan fingerprint density at radius 3 is 2.47 bits per heavy atom. The molecule has 0 heterocycles. The van der Waals surface area contributed by atoms with Crippen molar-refractivity contribution in [2.24, 2.45) is 46.3 Å². The lowest BCUT2D eigenvalue weighted by Gasteiger charge is -2.62. The summed E-state index contributed by atoms with van der Waals surface area (Å²) in [6.07, 6.45) is 17.8. The first-order valence-electron chi connectivity index (χ1n) is 13.6. The van der Waals surface area contributed by atoms with E-state index in [-0.39, 0.29) is 11.9 Å². The molecule has 4 saturated carbocycles. The molecule has 1 N–H and O–H groups in total. The van der Waals surface area contributed by atoms with Crippen molar-refractivity contribution in [3.8, 4) is 0 Å². The first-order chi connectivity index (χ1) is 14.3. The van der Waals surface area contributed by atoms with E-state index < -0.39 is 0 Å². The van der Waals surface area contributed by atoms with Crippen molar-refractivity contribution in [1.29, 1.82) is 0 Å². The van der Waals surface area contributed by atoms with Gasteiger partial charge in [0.25, 0.3) is 0 Å². The van der Waals surface area contributed by atoms with Crippen LogP contribution in [0.15, 0.2) is 0 Å². The van der Waals surface area contributed by atoms with Crippen LogP contribution in [-0.2, 0) is 4.79 Å². The predicted molar refractivity (Wildman–Crippen MR) is 126 cm³/mol. The number of hydrogen-bond acceptors (Lipinski definition) is 1. The van der Waals surface area contributed by atoms with Gasteiger partial charge in [0.05, 0.1) is 0 Å². The van der Waals surface area contributed by atoms with Gasteiger partial charge in [-0.15, -0.1) is 0 Å². The van der Waals surface area contributed by atoms with Gasteiger partial charge in [-0.25, -0.2) is 0 Å². The van der Waals surface area contributed by atoms with Gasteiger partial charge in [-0.05, 0) is 118 Å². The summed E-state index contributed by atoms with van der Waals surface area (Å²) in [6, 6.07) is 0.268. The molecule has 0 bridgehead atoms. The van der Waals surface area contributed by atoms with Gasteiger partial charge in [0.2, 0.25) is 5.91 Å². The van der Waals surface area contributed by atoms with Crippen LogP contribution in [0, 0.1) is 46.3 Å². The topological polar surface area (TPSA) is 29.1 Å². The summed E-state index contributed by atoms with van der Waals surface area (Å²) in [4.78, 5) is 12.1. The Kier molecular flexibility index (Phi) is 6.63. The average molecular weight is 416 g/mol. The van der Waals surface area contributed by atoms with E-state index in [1.165, 1.54) is 70.6 Å². The van der Waals surface area contributed by atoms with Crippen LogP contribution in [-0.4, -0.2) is 11.9 Å². The highest BCUT2D eigenvalue weighted by Gasteiger charge is 2.60. The Hall–Kier alpha value is -0.530. The summed E-state index contributed by atoms with van der Waals surface area (Å²) in [7, 11) is 0. The van der Waals surface area contributed by atoms with Gasteiger partial charge in [-0.1, -0.05) is 40.0 Å². The maximum atomic E-state index is 12.1. The minimum atomic E-state index is 0.253. The molecule has 1 amide bonds. The lowest BCUT2D eigenvalue weighted by atomic mass is 9.42. The number of amides is 1. The zero-order valence-corrected chi connectivity index (χ0v) is 20.6. The summed E-state index contributed by atoms with van der Waals surface area (Å²) in [6.45, 7) is 12.0. The molecular formula is C28H49NO. The van der Waals surface area contributed by atoms with E-state index >= 15 is 0 Å². The second kappa shape index (κ2) is 8.78. The van der Waals surface area contributed by atoms with E-state index in [9.17, 15) is 4.79 Å². The molecule has 0 aromatic carbocycles. The Bertz CT molecular complexity index is 614. The fourth-order valence-electron chi connectivity index (χ4n) is 9.51. The number of rotatable bonds is 6. The van der Waals surface area contributed by atoms with Gasteiger partial charge in [-0.2, -0.15) is 0 Å². The minimum absolute atomic E-state index is 0.253. The van der Waals surface area contributed by atoms with E-state index in [4.69, 9.17) is 0 Å². The van der Waals surface area contributed by atoms with Crippen molar-refractivity contribution in [1.82, 2.24) is 5.32 Å². The normalized spacial score (nSPS) is 45.5. The van der Waals surface area contributed by atoms with Crippen LogP contribution in [0.4, 0.5) is 0 Å². The minimum Gasteiger partial charge on any atom is -0.354 e. The monoisotopic (exact) mass is 415 g/mol. The van der Waals surface area contributed by atoms with E-state index in [0.29, 0.717) is 10.8 Å². The third kappa shape index (κ3) is 3.88. The van der Waals surface area contributed by atoms with Crippen molar-refractivity contribution in [3.05, 3.63) is 0 Å². The zero-order chi connectivity index (χ0) is 21.5. The molecule has 2 heteroatoms. The molecule has 0 aromatic heterocycles. The van der Waals surface area contributed by atoms with Crippen LogP contribution in [0.25, 0.3) is 0 Å². The van der Waals surface area contributed by atoms with Crippen molar-refractivity contribution in [2.45, 2.75) is 124 Å². The van der Waals surface area contributed by atoms with Crippen LogP contribution in [0.1, 0.15) is 118 Å². The number of carbonyl (C=O) groups is 1. The molecular weight excluding hydrogens is 366 g/mol. The largest absolute Gasteiger partial charge is 0.354 e. The second-order valence-electron chi connectivity index (χ2n) is 12.6. The van der Waals surface area contributed by atoms with Crippen molar-refractivity contribution in [3.63, 3.8) is 0 Å². The third-order valence-electron chi connectivity index (χ3n) is 10.9. The molecule has 172 valence electrons. The molecule has 0 saturated heterocycles. The molecule has 0 aromatic rings. The summed E-state index contributed by atoms with van der Waals surface area (Å²) in [5, 5.41) is 3.07. The first-order valence-corrected chi connectivity index (χ1v) is 13.6. The molecule has 30 heavy (non-hydrogen) atoms. The van der Waals surface area contributed by atoms with Crippen LogP contribution in [0.2, 0.25) is 0 Å². The number of carbonyl (C=O) groups excluding carboxylic acids is 1. The predicted octanol–water partition coefficient (Wildman–Crippen LogP) is 7.37. The third-order valence-corrected chi connectivity index (χ3v) is 10.9. The molecule has 4 rings (SSSR count). The smallest absolute Gasteiger partial charge is 0.220 e.